The van der Waals surface area contributed by atoms with E-state index in [-0.39, 0.29) is 5.60 Å². The zero-order valence-corrected chi connectivity index (χ0v) is 10.2. The van der Waals surface area contributed by atoms with Gasteiger partial charge in [0.2, 0.25) is 0 Å². The second kappa shape index (κ2) is 3.13. The third kappa shape index (κ3) is 1.71. The molecule has 0 amide bonds. The standard InChI is InChI=1S/C12H13BrO/c1-8-7-12(2,3)14-11-6-9(13)4-5-10(8)11/h4-7H,1-3H3. The molecule has 0 atom stereocenters. The smallest absolute Gasteiger partial charge is 0.129 e. The lowest BCUT2D eigenvalue weighted by Gasteiger charge is -2.30. The molecule has 14 heavy (non-hydrogen) atoms. The van der Waals surface area contributed by atoms with Gasteiger partial charge in [0.15, 0.2) is 0 Å². The summed E-state index contributed by atoms with van der Waals surface area (Å²) in [5.41, 5.74) is 2.27. The summed E-state index contributed by atoms with van der Waals surface area (Å²) in [6.07, 6.45) is 2.16. The zero-order valence-electron chi connectivity index (χ0n) is 8.60. The summed E-state index contributed by atoms with van der Waals surface area (Å²) >= 11 is 3.45. The summed E-state index contributed by atoms with van der Waals surface area (Å²) in [6, 6.07) is 6.14. The van der Waals surface area contributed by atoms with Gasteiger partial charge in [-0.3, -0.25) is 0 Å². The van der Waals surface area contributed by atoms with E-state index >= 15 is 0 Å². The van der Waals surface area contributed by atoms with Crippen LogP contribution in [-0.4, -0.2) is 5.60 Å². The maximum absolute atomic E-state index is 5.86. The van der Waals surface area contributed by atoms with Crippen molar-refractivity contribution in [1.29, 1.82) is 0 Å². The maximum Gasteiger partial charge on any atom is 0.129 e. The zero-order chi connectivity index (χ0) is 10.3. The molecule has 1 aliphatic rings. The van der Waals surface area contributed by atoms with Gasteiger partial charge in [0.25, 0.3) is 0 Å². The van der Waals surface area contributed by atoms with Crippen LogP contribution < -0.4 is 4.74 Å². The first-order valence-electron chi connectivity index (χ1n) is 4.66. The topological polar surface area (TPSA) is 9.23 Å². The van der Waals surface area contributed by atoms with Gasteiger partial charge in [0.05, 0.1) is 0 Å². The fraction of sp³-hybridized carbons (Fsp3) is 0.333. The number of allylic oxidation sites excluding steroid dienone is 1. The number of benzene rings is 1. The molecule has 1 aromatic carbocycles. The van der Waals surface area contributed by atoms with Gasteiger partial charge in [-0.2, -0.15) is 0 Å². The second-order valence-electron chi connectivity index (χ2n) is 4.17. The molecule has 0 spiro atoms. The van der Waals surface area contributed by atoms with Gasteiger partial charge >= 0.3 is 0 Å². The highest BCUT2D eigenvalue weighted by Gasteiger charge is 2.24. The predicted molar refractivity (Wildman–Crippen MR) is 62.5 cm³/mol. The van der Waals surface area contributed by atoms with E-state index in [4.69, 9.17) is 4.74 Å². The molecule has 0 bridgehead atoms. The Balaban J connectivity index is 2.56. The van der Waals surface area contributed by atoms with Crippen molar-refractivity contribution in [3.63, 3.8) is 0 Å². The van der Waals surface area contributed by atoms with Crippen LogP contribution in [0.25, 0.3) is 5.57 Å². The van der Waals surface area contributed by atoms with E-state index in [1.165, 1.54) is 11.1 Å². The first-order chi connectivity index (χ1) is 6.48. The fourth-order valence-corrected chi connectivity index (χ4v) is 2.16. The minimum atomic E-state index is -0.197. The Morgan fingerprint density at radius 2 is 2.00 bits per heavy atom. The number of rotatable bonds is 0. The molecule has 0 saturated carbocycles. The largest absolute Gasteiger partial charge is 0.483 e. The van der Waals surface area contributed by atoms with Crippen LogP contribution in [0.15, 0.2) is 28.7 Å². The van der Waals surface area contributed by atoms with Crippen molar-refractivity contribution in [2.24, 2.45) is 0 Å². The van der Waals surface area contributed by atoms with Crippen LogP contribution in [0.3, 0.4) is 0 Å². The molecule has 0 fully saturated rings. The van der Waals surface area contributed by atoms with Gasteiger partial charge in [0.1, 0.15) is 11.4 Å². The van der Waals surface area contributed by atoms with Gasteiger partial charge in [-0.25, -0.2) is 0 Å². The summed E-state index contributed by atoms with van der Waals surface area (Å²) < 4.78 is 6.92. The van der Waals surface area contributed by atoms with Crippen LogP contribution in [0.1, 0.15) is 26.3 Å². The molecule has 1 aromatic rings. The lowest BCUT2D eigenvalue weighted by molar-refractivity contribution is 0.158. The normalized spacial score (nSPS) is 18.1. The second-order valence-corrected chi connectivity index (χ2v) is 5.09. The molecular weight excluding hydrogens is 240 g/mol. The van der Waals surface area contributed by atoms with Crippen molar-refractivity contribution in [2.45, 2.75) is 26.4 Å². The van der Waals surface area contributed by atoms with Crippen molar-refractivity contribution in [3.8, 4) is 5.75 Å². The van der Waals surface area contributed by atoms with E-state index in [9.17, 15) is 0 Å². The fourth-order valence-electron chi connectivity index (χ4n) is 1.82. The average Bonchev–Trinajstić information content (AvgIpc) is 2.00. The first kappa shape index (κ1) is 9.78. The molecule has 1 nitrogen and oxygen atoms in total. The van der Waals surface area contributed by atoms with Crippen molar-refractivity contribution in [2.75, 3.05) is 0 Å². The van der Waals surface area contributed by atoms with Gasteiger partial charge in [-0.15, -0.1) is 0 Å². The van der Waals surface area contributed by atoms with Crippen LogP contribution in [0.5, 0.6) is 5.75 Å². The number of fused-ring (bicyclic) bond motifs is 1. The third-order valence-electron chi connectivity index (χ3n) is 2.31. The summed E-state index contributed by atoms with van der Waals surface area (Å²) in [5.74, 6) is 0.962. The van der Waals surface area contributed by atoms with E-state index in [0.29, 0.717) is 0 Å². The SMILES string of the molecule is CC1=CC(C)(C)Oc2cc(Br)ccc21. The van der Waals surface area contributed by atoms with Crippen LogP contribution in [0, 0.1) is 0 Å². The summed E-state index contributed by atoms with van der Waals surface area (Å²) in [7, 11) is 0. The number of ether oxygens (including phenoxy) is 1. The Labute approximate surface area is 92.9 Å². The summed E-state index contributed by atoms with van der Waals surface area (Å²) in [4.78, 5) is 0. The van der Waals surface area contributed by atoms with Crippen molar-refractivity contribution in [1.82, 2.24) is 0 Å². The molecule has 0 aliphatic carbocycles. The molecule has 0 radical (unpaired) electrons. The lowest BCUT2D eigenvalue weighted by Crippen LogP contribution is -2.28. The van der Waals surface area contributed by atoms with E-state index < -0.39 is 0 Å². The predicted octanol–water partition coefficient (Wildman–Crippen LogP) is 4.02. The van der Waals surface area contributed by atoms with E-state index in [2.05, 4.69) is 48.8 Å². The Bertz CT molecular complexity index is 405. The van der Waals surface area contributed by atoms with E-state index in [1.807, 2.05) is 12.1 Å². The number of hydrogen-bond acceptors (Lipinski definition) is 1. The minimum Gasteiger partial charge on any atom is -0.483 e. The molecule has 0 unspecified atom stereocenters. The Kier molecular flexibility index (Phi) is 2.18. The monoisotopic (exact) mass is 252 g/mol. The van der Waals surface area contributed by atoms with Crippen molar-refractivity contribution in [3.05, 3.63) is 34.3 Å². The quantitative estimate of drug-likeness (QED) is 0.678. The Morgan fingerprint density at radius 3 is 2.71 bits per heavy atom. The molecule has 74 valence electrons. The lowest BCUT2D eigenvalue weighted by atomic mass is 9.96. The van der Waals surface area contributed by atoms with Gasteiger partial charge in [0, 0.05) is 10.0 Å². The van der Waals surface area contributed by atoms with Crippen molar-refractivity contribution >= 4 is 21.5 Å². The molecule has 1 heterocycles. The maximum atomic E-state index is 5.86. The summed E-state index contributed by atoms with van der Waals surface area (Å²) in [5, 5.41) is 0. The highest BCUT2D eigenvalue weighted by Crippen LogP contribution is 2.37. The van der Waals surface area contributed by atoms with Crippen LogP contribution in [0.4, 0.5) is 0 Å². The van der Waals surface area contributed by atoms with Crippen molar-refractivity contribution < 1.29 is 4.74 Å². The van der Waals surface area contributed by atoms with Gasteiger partial charge < -0.3 is 4.74 Å². The average molecular weight is 253 g/mol. The molecule has 0 saturated heterocycles. The molecule has 2 rings (SSSR count). The van der Waals surface area contributed by atoms with Crippen LogP contribution in [0.2, 0.25) is 0 Å². The van der Waals surface area contributed by atoms with Gasteiger partial charge in [-0.1, -0.05) is 15.9 Å². The van der Waals surface area contributed by atoms with Crippen LogP contribution in [-0.2, 0) is 0 Å². The molecule has 0 N–H and O–H groups in total. The number of halogens is 1. The van der Waals surface area contributed by atoms with E-state index in [1.54, 1.807) is 0 Å². The molecule has 2 heteroatoms. The molecule has 1 aliphatic heterocycles. The Morgan fingerprint density at radius 1 is 1.29 bits per heavy atom. The first-order valence-corrected chi connectivity index (χ1v) is 5.46. The Hall–Kier alpha value is -0.760. The van der Waals surface area contributed by atoms with Gasteiger partial charge in [-0.05, 0) is 50.6 Å². The molecule has 0 aromatic heterocycles. The van der Waals surface area contributed by atoms with E-state index in [0.717, 1.165) is 10.2 Å². The molecular formula is C12H13BrO. The van der Waals surface area contributed by atoms with Crippen LogP contribution >= 0.6 is 15.9 Å². The summed E-state index contributed by atoms with van der Waals surface area (Å²) in [6.45, 7) is 6.26. The number of hydrogen-bond donors (Lipinski definition) is 0. The highest BCUT2D eigenvalue weighted by molar-refractivity contribution is 9.10. The third-order valence-corrected chi connectivity index (χ3v) is 2.80. The minimum absolute atomic E-state index is 0.197. The highest BCUT2D eigenvalue weighted by atomic mass is 79.9.